The summed E-state index contributed by atoms with van der Waals surface area (Å²) in [4.78, 5) is 44.6. The fraction of sp³-hybridized carbons (Fsp3) is 0.571. The van der Waals surface area contributed by atoms with E-state index in [1.807, 2.05) is 41.9 Å². The van der Waals surface area contributed by atoms with Crippen molar-refractivity contribution in [1.29, 1.82) is 0 Å². The standard InChI is InChI=1S/C28H39N5O4/c1-32-20-29-19-23(32)12-15-30-27(37)31-24(18-21-8-4-2-5-9-21)25(34)33-16-13-28(14-17-33,26(35)36)22-10-6-3-7-11-22/h2,4-5,8-9,19-20,22,24H,3,6-7,10-18H2,1H3,(H,35,36)(H2,30,31,37). The third-order valence-corrected chi connectivity index (χ3v) is 8.25. The van der Waals surface area contributed by atoms with Gasteiger partial charge in [0.25, 0.3) is 0 Å². The number of aliphatic carboxylic acids is 1. The summed E-state index contributed by atoms with van der Waals surface area (Å²) >= 11 is 0. The van der Waals surface area contributed by atoms with Crippen LogP contribution in [0.4, 0.5) is 4.79 Å². The molecule has 1 saturated carbocycles. The Labute approximate surface area is 218 Å². The first kappa shape index (κ1) is 26.7. The molecule has 0 spiro atoms. The molecule has 0 bridgehead atoms. The van der Waals surface area contributed by atoms with Gasteiger partial charge < -0.3 is 25.2 Å². The molecule has 2 fully saturated rings. The Bertz CT molecular complexity index is 1060. The summed E-state index contributed by atoms with van der Waals surface area (Å²) in [5, 5.41) is 15.9. The van der Waals surface area contributed by atoms with Crippen molar-refractivity contribution >= 4 is 17.9 Å². The first-order valence-corrected chi connectivity index (χ1v) is 13.4. The normalized spacial score (nSPS) is 18.7. The molecule has 1 aliphatic heterocycles. The number of urea groups is 1. The van der Waals surface area contributed by atoms with Gasteiger partial charge in [-0.15, -0.1) is 0 Å². The molecule has 1 saturated heterocycles. The van der Waals surface area contributed by atoms with E-state index in [0.717, 1.165) is 36.9 Å². The molecule has 1 atom stereocenters. The van der Waals surface area contributed by atoms with Gasteiger partial charge >= 0.3 is 12.0 Å². The third-order valence-electron chi connectivity index (χ3n) is 8.25. The first-order valence-electron chi connectivity index (χ1n) is 13.4. The lowest BCUT2D eigenvalue weighted by atomic mass is 9.64. The topological polar surface area (TPSA) is 117 Å². The summed E-state index contributed by atoms with van der Waals surface area (Å²) in [5.74, 6) is -0.703. The number of imidazole rings is 1. The summed E-state index contributed by atoms with van der Waals surface area (Å²) in [6, 6.07) is 8.50. The van der Waals surface area contributed by atoms with E-state index in [2.05, 4.69) is 15.6 Å². The maximum absolute atomic E-state index is 13.6. The van der Waals surface area contributed by atoms with E-state index in [0.29, 0.717) is 45.3 Å². The van der Waals surface area contributed by atoms with Gasteiger partial charge in [-0.3, -0.25) is 9.59 Å². The molecule has 2 heterocycles. The van der Waals surface area contributed by atoms with Crippen molar-refractivity contribution in [3.63, 3.8) is 0 Å². The predicted octanol–water partition coefficient (Wildman–Crippen LogP) is 3.15. The molecule has 9 nitrogen and oxygen atoms in total. The molecule has 3 amide bonds. The molecule has 2 aromatic rings. The average molecular weight is 510 g/mol. The van der Waals surface area contributed by atoms with E-state index in [9.17, 15) is 19.5 Å². The second kappa shape index (κ2) is 12.3. The van der Waals surface area contributed by atoms with Crippen LogP contribution in [0.15, 0.2) is 42.9 Å². The number of hydrogen-bond donors (Lipinski definition) is 3. The first-order chi connectivity index (χ1) is 17.9. The van der Waals surface area contributed by atoms with Crippen LogP contribution in [0.1, 0.15) is 56.2 Å². The summed E-state index contributed by atoms with van der Waals surface area (Å²) in [5.41, 5.74) is 1.21. The second-order valence-electron chi connectivity index (χ2n) is 10.5. The zero-order chi connectivity index (χ0) is 26.3. The molecule has 37 heavy (non-hydrogen) atoms. The van der Waals surface area contributed by atoms with E-state index >= 15 is 0 Å². The van der Waals surface area contributed by atoms with Crippen LogP contribution in [-0.2, 0) is 29.5 Å². The Hall–Kier alpha value is -3.36. The number of piperidine rings is 1. The maximum atomic E-state index is 13.6. The molecular weight excluding hydrogens is 470 g/mol. The number of carbonyl (C=O) groups is 3. The van der Waals surface area contributed by atoms with E-state index in [4.69, 9.17) is 0 Å². The van der Waals surface area contributed by atoms with Crippen molar-refractivity contribution in [2.45, 2.75) is 63.8 Å². The van der Waals surface area contributed by atoms with Crippen LogP contribution in [0.2, 0.25) is 0 Å². The van der Waals surface area contributed by atoms with E-state index in [1.54, 1.807) is 17.4 Å². The number of aromatic nitrogens is 2. The Kier molecular flexibility index (Phi) is 8.84. The number of nitrogens with zero attached hydrogens (tertiary/aromatic N) is 3. The molecule has 200 valence electrons. The number of nitrogens with one attached hydrogen (secondary N) is 2. The van der Waals surface area contributed by atoms with Gasteiger partial charge in [0.1, 0.15) is 6.04 Å². The summed E-state index contributed by atoms with van der Waals surface area (Å²) in [6.45, 7) is 1.22. The Morgan fingerprint density at radius 2 is 1.81 bits per heavy atom. The van der Waals surface area contributed by atoms with Gasteiger partial charge in [0.05, 0.1) is 11.7 Å². The molecule has 1 aromatic carbocycles. The number of rotatable bonds is 9. The van der Waals surface area contributed by atoms with Crippen LogP contribution in [0, 0.1) is 11.3 Å². The van der Waals surface area contributed by atoms with Crippen LogP contribution in [0.3, 0.4) is 0 Å². The van der Waals surface area contributed by atoms with E-state index in [1.165, 1.54) is 6.42 Å². The smallest absolute Gasteiger partial charge is 0.315 e. The number of likely N-dealkylation sites (tertiary alicyclic amines) is 1. The third kappa shape index (κ3) is 6.50. The highest BCUT2D eigenvalue weighted by Crippen LogP contribution is 2.46. The largest absolute Gasteiger partial charge is 0.481 e. The van der Waals surface area contributed by atoms with Gasteiger partial charge in [0.15, 0.2) is 0 Å². The van der Waals surface area contributed by atoms with Crippen molar-refractivity contribution < 1.29 is 19.5 Å². The van der Waals surface area contributed by atoms with Crippen LogP contribution in [-0.4, -0.2) is 63.1 Å². The number of hydrogen-bond acceptors (Lipinski definition) is 4. The minimum absolute atomic E-state index is 0.159. The van der Waals surface area contributed by atoms with Crippen molar-refractivity contribution in [2.75, 3.05) is 19.6 Å². The highest BCUT2D eigenvalue weighted by atomic mass is 16.4. The molecular formula is C28H39N5O4. The minimum Gasteiger partial charge on any atom is -0.481 e. The summed E-state index contributed by atoms with van der Waals surface area (Å²) in [6.07, 6.45) is 10.7. The molecule has 4 rings (SSSR count). The van der Waals surface area contributed by atoms with Crippen molar-refractivity contribution in [3.05, 3.63) is 54.1 Å². The van der Waals surface area contributed by atoms with E-state index < -0.39 is 23.5 Å². The van der Waals surface area contributed by atoms with Crippen molar-refractivity contribution in [3.8, 4) is 0 Å². The van der Waals surface area contributed by atoms with Crippen molar-refractivity contribution in [1.82, 2.24) is 25.1 Å². The predicted molar refractivity (Wildman–Crippen MR) is 140 cm³/mol. The van der Waals surface area contributed by atoms with Gasteiger partial charge in [0, 0.05) is 51.4 Å². The SMILES string of the molecule is Cn1cncc1CCNC(=O)NC(Cc1ccccc1)C(=O)N1CCC(C(=O)O)(C2CCCCC2)CC1. The monoisotopic (exact) mass is 509 g/mol. The molecule has 1 unspecified atom stereocenters. The Balaban J connectivity index is 1.39. The van der Waals surface area contributed by atoms with Crippen LogP contribution >= 0.6 is 0 Å². The number of amides is 3. The average Bonchev–Trinajstić information content (AvgIpc) is 3.33. The molecule has 0 radical (unpaired) electrons. The van der Waals surface area contributed by atoms with Crippen molar-refractivity contribution in [2.24, 2.45) is 18.4 Å². The van der Waals surface area contributed by atoms with Gasteiger partial charge in [-0.05, 0) is 37.2 Å². The molecule has 2 aliphatic rings. The maximum Gasteiger partial charge on any atom is 0.315 e. The number of benzene rings is 1. The number of carboxylic acid groups (broad SMARTS) is 1. The summed E-state index contributed by atoms with van der Waals surface area (Å²) < 4.78 is 1.90. The minimum atomic E-state index is -0.747. The lowest BCUT2D eigenvalue weighted by Gasteiger charge is -2.45. The summed E-state index contributed by atoms with van der Waals surface area (Å²) in [7, 11) is 1.91. The fourth-order valence-corrected chi connectivity index (χ4v) is 5.99. The van der Waals surface area contributed by atoms with Gasteiger partial charge in [-0.1, -0.05) is 49.6 Å². The highest BCUT2D eigenvalue weighted by molar-refractivity contribution is 5.87. The molecule has 1 aromatic heterocycles. The zero-order valence-electron chi connectivity index (χ0n) is 21.7. The van der Waals surface area contributed by atoms with Crippen LogP contribution in [0.5, 0.6) is 0 Å². The Morgan fingerprint density at radius 3 is 2.43 bits per heavy atom. The fourth-order valence-electron chi connectivity index (χ4n) is 5.99. The van der Waals surface area contributed by atoms with Gasteiger partial charge in [-0.25, -0.2) is 9.78 Å². The second-order valence-corrected chi connectivity index (χ2v) is 10.5. The van der Waals surface area contributed by atoms with Gasteiger partial charge in [-0.2, -0.15) is 0 Å². The Morgan fingerprint density at radius 1 is 1.11 bits per heavy atom. The number of carbonyl (C=O) groups excluding carboxylic acids is 2. The molecule has 9 heteroatoms. The zero-order valence-corrected chi connectivity index (χ0v) is 21.7. The number of aryl methyl sites for hydroxylation is 1. The lowest BCUT2D eigenvalue weighted by Crippen LogP contribution is -2.56. The number of carboxylic acids is 1. The molecule has 1 aliphatic carbocycles. The quantitative estimate of drug-likeness (QED) is 0.480. The van der Waals surface area contributed by atoms with Crippen LogP contribution < -0.4 is 10.6 Å². The molecule has 3 N–H and O–H groups in total. The van der Waals surface area contributed by atoms with E-state index in [-0.39, 0.29) is 11.8 Å². The highest BCUT2D eigenvalue weighted by Gasteiger charge is 2.48. The lowest BCUT2D eigenvalue weighted by molar-refractivity contribution is -0.160. The van der Waals surface area contributed by atoms with Crippen LogP contribution in [0.25, 0.3) is 0 Å². The van der Waals surface area contributed by atoms with Gasteiger partial charge in [0.2, 0.25) is 5.91 Å².